The fourth-order valence-electron chi connectivity index (χ4n) is 1.90. The van der Waals surface area contributed by atoms with E-state index in [0.29, 0.717) is 11.3 Å². The number of halogens is 3. The molecule has 0 aliphatic heterocycles. The van der Waals surface area contributed by atoms with E-state index in [1.807, 2.05) is 6.07 Å². The quantitative estimate of drug-likeness (QED) is 0.883. The highest BCUT2D eigenvalue weighted by atomic mass is 19.4. The minimum Gasteiger partial charge on any atom is -0.355 e. The number of nitrogens with one attached hydrogen (secondary N) is 1. The van der Waals surface area contributed by atoms with Crippen LogP contribution in [0, 0.1) is 25.2 Å². The molecule has 2 rings (SSSR count). The molecule has 0 atom stereocenters. The number of aromatic nitrogens is 1. The van der Waals surface area contributed by atoms with E-state index in [-0.39, 0.29) is 24.2 Å². The fourth-order valence-corrected chi connectivity index (χ4v) is 1.90. The summed E-state index contributed by atoms with van der Waals surface area (Å²) in [4.78, 5) is 4.01. The molecule has 1 saturated carbocycles. The van der Waals surface area contributed by atoms with Crippen LogP contribution < -0.4 is 5.32 Å². The first-order valence-electron chi connectivity index (χ1n) is 5.52. The van der Waals surface area contributed by atoms with E-state index in [1.165, 1.54) is 0 Å². The molecular weight excluding hydrogens is 243 g/mol. The minimum absolute atomic E-state index is 0.0238. The van der Waals surface area contributed by atoms with Gasteiger partial charge in [0.05, 0.1) is 5.56 Å². The van der Waals surface area contributed by atoms with Gasteiger partial charge in [-0.25, -0.2) is 4.98 Å². The summed E-state index contributed by atoms with van der Waals surface area (Å²) in [6.45, 7) is 3.37. The molecule has 18 heavy (non-hydrogen) atoms. The van der Waals surface area contributed by atoms with Crippen LogP contribution in [0.5, 0.6) is 0 Å². The predicted octanol–water partition coefficient (Wildman–Crippen LogP) is 3.08. The van der Waals surface area contributed by atoms with Gasteiger partial charge in [-0.3, -0.25) is 0 Å². The lowest BCUT2D eigenvalue weighted by Crippen LogP contribution is -2.39. The van der Waals surface area contributed by atoms with Gasteiger partial charge in [0.1, 0.15) is 17.4 Å². The van der Waals surface area contributed by atoms with Crippen LogP contribution in [0.25, 0.3) is 0 Å². The maximum Gasteiger partial charge on any atom is 0.411 e. The molecule has 1 fully saturated rings. The van der Waals surface area contributed by atoms with Gasteiger partial charge in [0.15, 0.2) is 0 Å². The number of rotatable bonds is 2. The number of nitriles is 1. The van der Waals surface area contributed by atoms with Gasteiger partial charge in [0.2, 0.25) is 0 Å². The Kier molecular flexibility index (Phi) is 2.73. The Hall–Kier alpha value is -1.77. The molecule has 1 aliphatic carbocycles. The van der Waals surface area contributed by atoms with Crippen molar-refractivity contribution in [3.8, 4) is 6.07 Å². The average molecular weight is 255 g/mol. The van der Waals surface area contributed by atoms with Crippen molar-refractivity contribution in [1.82, 2.24) is 4.98 Å². The highest BCUT2D eigenvalue weighted by Gasteiger charge is 2.63. The second-order valence-corrected chi connectivity index (χ2v) is 4.62. The summed E-state index contributed by atoms with van der Waals surface area (Å²) in [5, 5.41) is 11.4. The van der Waals surface area contributed by atoms with Crippen molar-refractivity contribution in [3.05, 3.63) is 22.9 Å². The van der Waals surface area contributed by atoms with Gasteiger partial charge in [0, 0.05) is 5.69 Å². The highest BCUT2D eigenvalue weighted by molar-refractivity contribution is 5.58. The molecule has 0 unspecified atom stereocenters. The number of aryl methyl sites for hydroxylation is 2. The smallest absolute Gasteiger partial charge is 0.355 e. The molecule has 1 aliphatic rings. The zero-order valence-electron chi connectivity index (χ0n) is 10.0. The molecule has 1 heterocycles. The molecule has 3 nitrogen and oxygen atoms in total. The molecule has 96 valence electrons. The number of hydrogen-bond donors (Lipinski definition) is 1. The molecule has 0 bridgehead atoms. The van der Waals surface area contributed by atoms with Gasteiger partial charge in [-0.1, -0.05) is 0 Å². The molecule has 0 saturated heterocycles. The Morgan fingerprint density at radius 3 is 2.44 bits per heavy atom. The van der Waals surface area contributed by atoms with Crippen LogP contribution >= 0.6 is 0 Å². The Morgan fingerprint density at radius 1 is 1.39 bits per heavy atom. The van der Waals surface area contributed by atoms with Crippen molar-refractivity contribution >= 4 is 5.82 Å². The Bertz CT molecular complexity index is 525. The first-order chi connectivity index (χ1) is 8.29. The van der Waals surface area contributed by atoms with Gasteiger partial charge in [-0.15, -0.1) is 0 Å². The van der Waals surface area contributed by atoms with Crippen molar-refractivity contribution < 1.29 is 13.2 Å². The summed E-state index contributed by atoms with van der Waals surface area (Å²) >= 11 is 0. The Morgan fingerprint density at radius 2 is 2.00 bits per heavy atom. The fraction of sp³-hybridized carbons (Fsp3) is 0.500. The van der Waals surface area contributed by atoms with E-state index >= 15 is 0 Å². The normalized spacial score (nSPS) is 17.1. The van der Waals surface area contributed by atoms with Crippen LogP contribution in [0.3, 0.4) is 0 Å². The molecule has 0 amide bonds. The molecule has 0 aromatic carbocycles. The van der Waals surface area contributed by atoms with Gasteiger partial charge < -0.3 is 5.32 Å². The highest BCUT2D eigenvalue weighted by Crippen LogP contribution is 2.51. The molecule has 0 spiro atoms. The predicted molar refractivity (Wildman–Crippen MR) is 60.1 cm³/mol. The van der Waals surface area contributed by atoms with Crippen molar-refractivity contribution in [2.45, 2.75) is 38.4 Å². The molecule has 6 heteroatoms. The van der Waals surface area contributed by atoms with Crippen LogP contribution in [0.1, 0.15) is 29.7 Å². The monoisotopic (exact) mass is 255 g/mol. The third kappa shape index (κ3) is 2.01. The molecular formula is C12H12F3N3. The topological polar surface area (TPSA) is 48.7 Å². The van der Waals surface area contributed by atoms with Gasteiger partial charge >= 0.3 is 6.18 Å². The average Bonchev–Trinajstić information content (AvgIpc) is 2.97. The number of nitrogens with zero attached hydrogens (tertiary/aromatic N) is 2. The van der Waals surface area contributed by atoms with Crippen LogP contribution in [0.15, 0.2) is 6.07 Å². The Balaban J connectivity index is 2.39. The molecule has 1 aromatic rings. The van der Waals surface area contributed by atoms with Gasteiger partial charge in [-0.05, 0) is 38.3 Å². The van der Waals surface area contributed by atoms with Crippen LogP contribution in [-0.2, 0) is 0 Å². The lowest BCUT2D eigenvalue weighted by Gasteiger charge is -2.22. The first kappa shape index (κ1) is 12.7. The second-order valence-electron chi connectivity index (χ2n) is 4.62. The minimum atomic E-state index is -4.32. The van der Waals surface area contributed by atoms with Crippen LogP contribution in [-0.4, -0.2) is 16.7 Å². The maximum atomic E-state index is 12.8. The van der Waals surface area contributed by atoms with Crippen molar-refractivity contribution in [2.24, 2.45) is 0 Å². The molecule has 1 N–H and O–H groups in total. The molecule has 0 radical (unpaired) electrons. The number of anilines is 1. The maximum absolute atomic E-state index is 12.8. The first-order valence-corrected chi connectivity index (χ1v) is 5.52. The third-order valence-electron chi connectivity index (χ3n) is 3.11. The summed E-state index contributed by atoms with van der Waals surface area (Å²) in [5.41, 5.74) is -0.500. The number of hydrogen-bond acceptors (Lipinski definition) is 3. The van der Waals surface area contributed by atoms with Gasteiger partial charge in [-0.2, -0.15) is 18.4 Å². The van der Waals surface area contributed by atoms with Gasteiger partial charge in [0.25, 0.3) is 0 Å². The van der Waals surface area contributed by atoms with E-state index in [9.17, 15) is 13.2 Å². The largest absolute Gasteiger partial charge is 0.411 e. The van der Waals surface area contributed by atoms with Crippen molar-refractivity contribution in [1.29, 1.82) is 5.26 Å². The summed E-state index contributed by atoms with van der Waals surface area (Å²) < 4.78 is 38.5. The SMILES string of the molecule is Cc1cc(C)c(C#N)c(NC2(C(F)(F)F)CC2)n1. The van der Waals surface area contributed by atoms with Crippen LogP contribution in [0.4, 0.5) is 19.0 Å². The van der Waals surface area contributed by atoms with E-state index < -0.39 is 11.7 Å². The van der Waals surface area contributed by atoms with Crippen LogP contribution in [0.2, 0.25) is 0 Å². The molecule has 1 aromatic heterocycles. The summed E-state index contributed by atoms with van der Waals surface area (Å²) in [5.74, 6) is 0.0322. The summed E-state index contributed by atoms with van der Waals surface area (Å²) in [6, 6.07) is 3.58. The second kappa shape index (κ2) is 3.87. The standard InChI is InChI=1S/C12H12F3N3/c1-7-5-8(2)17-10(9(7)6-16)18-11(3-4-11)12(13,14)15/h5H,3-4H2,1-2H3,(H,17,18). The van der Waals surface area contributed by atoms with E-state index in [2.05, 4.69) is 10.3 Å². The number of pyridine rings is 1. The zero-order valence-corrected chi connectivity index (χ0v) is 10.0. The zero-order chi connectivity index (χ0) is 13.6. The lowest BCUT2D eigenvalue weighted by molar-refractivity contribution is -0.151. The van der Waals surface area contributed by atoms with E-state index in [0.717, 1.165) is 0 Å². The third-order valence-corrected chi connectivity index (χ3v) is 3.11. The van der Waals surface area contributed by atoms with Crippen molar-refractivity contribution in [3.63, 3.8) is 0 Å². The van der Waals surface area contributed by atoms with E-state index in [4.69, 9.17) is 5.26 Å². The lowest BCUT2D eigenvalue weighted by atomic mass is 10.1. The summed E-state index contributed by atoms with van der Waals surface area (Å²) in [7, 11) is 0. The van der Waals surface area contributed by atoms with Crippen molar-refractivity contribution in [2.75, 3.05) is 5.32 Å². The Labute approximate surface area is 103 Å². The number of alkyl halides is 3. The summed E-state index contributed by atoms with van der Waals surface area (Å²) in [6.07, 6.45) is -4.27. The van der Waals surface area contributed by atoms with E-state index in [1.54, 1.807) is 19.9 Å².